The lowest BCUT2D eigenvalue weighted by Crippen LogP contribution is -2.07. The second-order valence-electron chi connectivity index (χ2n) is 4.74. The minimum absolute atomic E-state index is 0.0990. The smallest absolute Gasteiger partial charge is 0.123 e. The summed E-state index contributed by atoms with van der Waals surface area (Å²) >= 11 is 0. The Labute approximate surface area is 103 Å². The summed E-state index contributed by atoms with van der Waals surface area (Å²) in [5, 5.41) is 9.06. The Hall–Kier alpha value is -1.22. The highest BCUT2D eigenvalue weighted by Gasteiger charge is 2.05. The molecular formula is C14H21O3. The van der Waals surface area contributed by atoms with Crippen molar-refractivity contribution < 1.29 is 14.6 Å². The van der Waals surface area contributed by atoms with Crippen molar-refractivity contribution in [3.05, 3.63) is 30.4 Å². The van der Waals surface area contributed by atoms with Crippen molar-refractivity contribution in [3.63, 3.8) is 0 Å². The van der Waals surface area contributed by atoms with Gasteiger partial charge in [-0.25, -0.2) is 0 Å². The molecule has 3 heteroatoms. The number of hydrogen-bond acceptors (Lipinski definition) is 3. The number of ether oxygens (including phenoxy) is 2. The second kappa shape index (κ2) is 6.50. The van der Waals surface area contributed by atoms with Crippen LogP contribution in [0.25, 0.3) is 0 Å². The van der Waals surface area contributed by atoms with E-state index in [0.29, 0.717) is 23.8 Å². The fraction of sp³-hybridized carbons (Fsp3) is 0.500. The first-order chi connectivity index (χ1) is 8.01. The van der Waals surface area contributed by atoms with Crippen LogP contribution in [-0.4, -0.2) is 17.8 Å². The number of aliphatic hydroxyl groups is 1. The molecular weight excluding hydrogens is 216 g/mol. The number of rotatable bonds is 6. The van der Waals surface area contributed by atoms with Gasteiger partial charge in [0.2, 0.25) is 0 Å². The van der Waals surface area contributed by atoms with Gasteiger partial charge in [0.15, 0.2) is 0 Å². The van der Waals surface area contributed by atoms with Crippen LogP contribution in [0.15, 0.2) is 18.2 Å². The predicted octanol–water partition coefficient (Wildman–Crippen LogP) is 3.39. The molecule has 0 unspecified atom stereocenters. The first kappa shape index (κ1) is 13.8. The maximum atomic E-state index is 9.06. The number of benzene rings is 1. The van der Waals surface area contributed by atoms with E-state index in [1.54, 1.807) is 12.1 Å². The van der Waals surface area contributed by atoms with Gasteiger partial charge in [0.05, 0.1) is 12.7 Å². The van der Waals surface area contributed by atoms with Crippen molar-refractivity contribution in [2.75, 3.05) is 6.61 Å². The quantitative estimate of drug-likeness (QED) is 0.824. The van der Waals surface area contributed by atoms with Crippen molar-refractivity contribution >= 4 is 0 Å². The molecule has 1 aromatic rings. The number of hydrogen-bond donors (Lipinski definition) is 1. The van der Waals surface area contributed by atoms with Gasteiger partial charge >= 0.3 is 0 Å². The highest BCUT2D eigenvalue weighted by atomic mass is 16.5. The molecule has 0 spiro atoms. The molecule has 1 rings (SSSR count). The van der Waals surface area contributed by atoms with Crippen molar-refractivity contribution in [1.82, 2.24) is 0 Å². The van der Waals surface area contributed by atoms with E-state index in [-0.39, 0.29) is 6.10 Å². The monoisotopic (exact) mass is 237 g/mol. The highest BCUT2D eigenvalue weighted by molar-refractivity contribution is 5.40. The van der Waals surface area contributed by atoms with Crippen molar-refractivity contribution in [1.29, 1.82) is 0 Å². The normalized spacial score (nSPS) is 11.0. The lowest BCUT2D eigenvalue weighted by molar-refractivity contribution is 0.236. The maximum absolute atomic E-state index is 9.06. The Bertz CT molecular complexity index is 345. The van der Waals surface area contributed by atoms with Crippen LogP contribution in [0.4, 0.5) is 0 Å². The summed E-state index contributed by atoms with van der Waals surface area (Å²) in [4.78, 5) is 0. The first-order valence-electron chi connectivity index (χ1n) is 5.93. The Kier molecular flexibility index (Phi) is 5.29. The van der Waals surface area contributed by atoms with E-state index in [2.05, 4.69) is 13.8 Å². The third-order valence-electron chi connectivity index (χ3n) is 2.01. The first-order valence-corrected chi connectivity index (χ1v) is 5.93. The summed E-state index contributed by atoms with van der Waals surface area (Å²) in [5.41, 5.74) is 0.682. The van der Waals surface area contributed by atoms with E-state index in [1.165, 1.54) is 0 Å². The fourth-order valence-electron chi connectivity index (χ4n) is 1.35. The lowest BCUT2D eigenvalue weighted by Gasteiger charge is -2.14. The second-order valence-corrected chi connectivity index (χ2v) is 4.74. The van der Waals surface area contributed by atoms with E-state index in [1.807, 2.05) is 19.9 Å². The van der Waals surface area contributed by atoms with Crippen LogP contribution >= 0.6 is 0 Å². The maximum Gasteiger partial charge on any atom is 0.123 e. The van der Waals surface area contributed by atoms with E-state index in [0.717, 1.165) is 12.4 Å². The summed E-state index contributed by atoms with van der Waals surface area (Å²) in [7, 11) is 0. The van der Waals surface area contributed by atoms with Gasteiger partial charge in [0.1, 0.15) is 18.1 Å². The van der Waals surface area contributed by atoms with Crippen LogP contribution < -0.4 is 9.47 Å². The average molecular weight is 237 g/mol. The Morgan fingerprint density at radius 3 is 2.29 bits per heavy atom. The predicted molar refractivity (Wildman–Crippen MR) is 67.9 cm³/mol. The Morgan fingerprint density at radius 1 is 1.12 bits per heavy atom. The molecule has 0 aromatic heterocycles. The van der Waals surface area contributed by atoms with Gasteiger partial charge in [-0.2, -0.15) is 0 Å². The molecule has 1 radical (unpaired) electrons. The zero-order valence-corrected chi connectivity index (χ0v) is 10.9. The summed E-state index contributed by atoms with van der Waals surface area (Å²) in [6.07, 6.45) is 0.0990. The van der Waals surface area contributed by atoms with Crippen molar-refractivity contribution in [2.45, 2.75) is 33.8 Å². The third kappa shape index (κ3) is 5.09. The van der Waals surface area contributed by atoms with E-state index in [4.69, 9.17) is 14.6 Å². The molecule has 0 saturated heterocycles. The van der Waals surface area contributed by atoms with Gasteiger partial charge in [-0.15, -0.1) is 0 Å². The summed E-state index contributed by atoms with van der Waals surface area (Å²) in [5.74, 6) is 1.89. The van der Waals surface area contributed by atoms with Crippen LogP contribution in [0.1, 0.15) is 33.3 Å². The molecule has 95 valence electrons. The standard InChI is InChI=1S/C14H21O3/c1-10(2)9-16-13-5-12(8-15)6-14(7-13)17-11(3)4/h5-8,10-11,15H,9H2,1-4H3. The van der Waals surface area contributed by atoms with Crippen LogP contribution in [0.5, 0.6) is 11.5 Å². The highest BCUT2D eigenvalue weighted by Crippen LogP contribution is 2.24. The van der Waals surface area contributed by atoms with Crippen molar-refractivity contribution in [2.24, 2.45) is 5.92 Å². The minimum Gasteiger partial charge on any atom is -0.493 e. The molecule has 0 aliphatic rings. The Balaban J connectivity index is 2.81. The van der Waals surface area contributed by atoms with Crippen molar-refractivity contribution in [3.8, 4) is 11.5 Å². The van der Waals surface area contributed by atoms with Crippen LogP contribution in [0.2, 0.25) is 0 Å². The average Bonchev–Trinajstić information content (AvgIpc) is 2.25. The van der Waals surface area contributed by atoms with E-state index < -0.39 is 0 Å². The largest absolute Gasteiger partial charge is 0.493 e. The zero-order valence-electron chi connectivity index (χ0n) is 10.9. The summed E-state index contributed by atoms with van der Waals surface area (Å²) in [6.45, 7) is 9.81. The molecule has 3 nitrogen and oxygen atoms in total. The molecule has 0 aliphatic heterocycles. The van der Waals surface area contributed by atoms with Crippen LogP contribution in [0, 0.1) is 12.5 Å². The molecule has 0 atom stereocenters. The molecule has 0 saturated carbocycles. The molecule has 0 amide bonds. The zero-order chi connectivity index (χ0) is 12.8. The van der Waals surface area contributed by atoms with Gasteiger partial charge < -0.3 is 14.6 Å². The van der Waals surface area contributed by atoms with Crippen LogP contribution in [0.3, 0.4) is 0 Å². The van der Waals surface area contributed by atoms with Gasteiger partial charge in [-0.05, 0) is 37.5 Å². The van der Waals surface area contributed by atoms with Crippen LogP contribution in [-0.2, 0) is 0 Å². The SMILES string of the molecule is CC(C)COc1cc([CH]O)cc(OC(C)C)c1. The van der Waals surface area contributed by atoms with Gasteiger partial charge in [-0.1, -0.05) is 13.8 Å². The molecule has 1 aromatic carbocycles. The summed E-state index contributed by atoms with van der Waals surface area (Å²) < 4.78 is 11.2. The lowest BCUT2D eigenvalue weighted by atomic mass is 10.2. The number of aliphatic hydroxyl groups excluding tert-OH is 1. The minimum atomic E-state index is 0.0990. The van der Waals surface area contributed by atoms with Gasteiger partial charge in [0.25, 0.3) is 0 Å². The molecule has 0 fully saturated rings. The molecule has 1 N–H and O–H groups in total. The summed E-state index contributed by atoms with van der Waals surface area (Å²) in [6, 6.07) is 5.41. The van der Waals surface area contributed by atoms with E-state index in [9.17, 15) is 0 Å². The fourth-order valence-corrected chi connectivity index (χ4v) is 1.35. The molecule has 0 aliphatic carbocycles. The molecule has 0 bridgehead atoms. The van der Waals surface area contributed by atoms with Gasteiger partial charge in [-0.3, -0.25) is 0 Å². The molecule has 0 heterocycles. The topological polar surface area (TPSA) is 38.7 Å². The molecule has 17 heavy (non-hydrogen) atoms. The van der Waals surface area contributed by atoms with Gasteiger partial charge in [0, 0.05) is 6.07 Å². The van der Waals surface area contributed by atoms with E-state index >= 15 is 0 Å². The Morgan fingerprint density at radius 2 is 1.76 bits per heavy atom. The third-order valence-corrected chi connectivity index (χ3v) is 2.01.